The molecule has 1 aromatic carbocycles. The molecule has 0 unspecified atom stereocenters. The Balaban J connectivity index is 0.00000169. The lowest BCUT2D eigenvalue weighted by Crippen LogP contribution is -2.32. The number of rotatable bonds is 2. The highest BCUT2D eigenvalue weighted by Crippen LogP contribution is 2.02. The molecule has 0 aromatic heterocycles. The number of carbonyl (C=O) groups excluding carboxylic acids is 1. The van der Waals surface area contributed by atoms with Crippen molar-refractivity contribution in [1.82, 2.24) is 10.6 Å². The van der Waals surface area contributed by atoms with Crippen molar-refractivity contribution in [2.75, 3.05) is 7.05 Å². The molecule has 3 nitrogen and oxygen atoms in total. The van der Waals surface area contributed by atoms with E-state index in [1.807, 2.05) is 0 Å². The van der Waals surface area contributed by atoms with E-state index < -0.39 is 0 Å². The van der Waals surface area contributed by atoms with Gasteiger partial charge in [-0.2, -0.15) is 0 Å². The van der Waals surface area contributed by atoms with Crippen molar-refractivity contribution in [3.05, 3.63) is 35.6 Å². The predicted molar refractivity (Wildman–Crippen MR) is 54.9 cm³/mol. The topological polar surface area (TPSA) is 41.1 Å². The molecule has 2 N–H and O–H groups in total. The number of hydrogen-bond acceptors (Lipinski definition) is 1. The van der Waals surface area contributed by atoms with Crippen LogP contribution in [-0.2, 0) is 6.54 Å². The fourth-order valence-electron chi connectivity index (χ4n) is 0.918. The molecular weight excluding hydrogens is 207 g/mol. The summed E-state index contributed by atoms with van der Waals surface area (Å²) in [7, 11) is 1.53. The summed E-state index contributed by atoms with van der Waals surface area (Å²) >= 11 is 0. The van der Waals surface area contributed by atoms with Crippen LogP contribution in [0.3, 0.4) is 0 Å². The summed E-state index contributed by atoms with van der Waals surface area (Å²) in [5.41, 5.74) is 0.739. The van der Waals surface area contributed by atoms with Gasteiger partial charge in [-0.15, -0.1) is 12.4 Å². The molecule has 0 aliphatic rings. The van der Waals surface area contributed by atoms with Crippen LogP contribution in [0.4, 0.5) is 9.18 Å². The SMILES string of the molecule is CNC(=O)NCc1cccc(F)c1.Cl. The summed E-state index contributed by atoms with van der Waals surface area (Å²) in [4.78, 5) is 10.8. The monoisotopic (exact) mass is 218 g/mol. The van der Waals surface area contributed by atoms with Crippen LogP contribution in [0.2, 0.25) is 0 Å². The lowest BCUT2D eigenvalue weighted by atomic mass is 10.2. The quantitative estimate of drug-likeness (QED) is 0.779. The van der Waals surface area contributed by atoms with Gasteiger partial charge < -0.3 is 10.6 Å². The summed E-state index contributed by atoms with van der Waals surface area (Å²) in [6.07, 6.45) is 0. The Bertz CT molecular complexity index is 307. The predicted octanol–water partition coefficient (Wildman–Crippen LogP) is 1.68. The highest BCUT2D eigenvalue weighted by atomic mass is 35.5. The molecule has 2 amide bonds. The molecule has 0 saturated heterocycles. The van der Waals surface area contributed by atoms with Crippen molar-refractivity contribution in [2.45, 2.75) is 6.54 Å². The summed E-state index contributed by atoms with van der Waals surface area (Å²) in [5, 5.41) is 4.97. The third kappa shape index (κ3) is 4.09. The van der Waals surface area contributed by atoms with Gasteiger partial charge in [0.25, 0.3) is 0 Å². The number of halogens is 2. The number of nitrogens with one attached hydrogen (secondary N) is 2. The largest absolute Gasteiger partial charge is 0.341 e. The first kappa shape index (κ1) is 12.7. The lowest BCUT2D eigenvalue weighted by molar-refractivity contribution is 0.242. The molecule has 0 aliphatic heterocycles. The van der Waals surface area contributed by atoms with E-state index in [0.717, 1.165) is 5.56 Å². The van der Waals surface area contributed by atoms with E-state index in [4.69, 9.17) is 0 Å². The Labute approximate surface area is 88.1 Å². The molecule has 1 aromatic rings. The first-order valence-corrected chi connectivity index (χ1v) is 3.92. The molecule has 0 aliphatic carbocycles. The standard InChI is InChI=1S/C9H11FN2O.ClH/c1-11-9(13)12-6-7-3-2-4-8(10)5-7;/h2-5H,6H2,1H3,(H2,11,12,13);1H. The fraction of sp³-hybridized carbons (Fsp3) is 0.222. The first-order valence-electron chi connectivity index (χ1n) is 3.92. The van der Waals surface area contributed by atoms with E-state index in [9.17, 15) is 9.18 Å². The van der Waals surface area contributed by atoms with Gasteiger partial charge in [-0.1, -0.05) is 12.1 Å². The Morgan fingerprint density at radius 1 is 1.50 bits per heavy atom. The van der Waals surface area contributed by atoms with Gasteiger partial charge in [-0.05, 0) is 17.7 Å². The zero-order chi connectivity index (χ0) is 9.68. The maximum Gasteiger partial charge on any atom is 0.314 e. The minimum atomic E-state index is -0.295. The normalized spacial score (nSPS) is 8.71. The molecular formula is C9H12ClFN2O. The van der Waals surface area contributed by atoms with E-state index >= 15 is 0 Å². The smallest absolute Gasteiger partial charge is 0.314 e. The minimum Gasteiger partial charge on any atom is -0.341 e. The highest BCUT2D eigenvalue weighted by molar-refractivity contribution is 5.85. The Morgan fingerprint density at radius 3 is 2.79 bits per heavy atom. The van der Waals surface area contributed by atoms with E-state index in [0.29, 0.717) is 6.54 Å². The molecule has 14 heavy (non-hydrogen) atoms. The first-order chi connectivity index (χ1) is 6.22. The molecule has 5 heteroatoms. The average Bonchev–Trinajstić information content (AvgIpc) is 2.14. The van der Waals surface area contributed by atoms with Crippen molar-refractivity contribution in [1.29, 1.82) is 0 Å². The van der Waals surface area contributed by atoms with Crippen LogP contribution in [0.1, 0.15) is 5.56 Å². The molecule has 0 fully saturated rings. The number of hydrogen-bond donors (Lipinski definition) is 2. The van der Waals surface area contributed by atoms with Crippen LogP contribution in [0, 0.1) is 5.82 Å². The summed E-state index contributed by atoms with van der Waals surface area (Å²) in [6, 6.07) is 5.83. The van der Waals surface area contributed by atoms with Crippen LogP contribution < -0.4 is 10.6 Å². The van der Waals surface area contributed by atoms with Gasteiger partial charge in [-0.3, -0.25) is 0 Å². The molecule has 0 spiro atoms. The number of carbonyl (C=O) groups is 1. The van der Waals surface area contributed by atoms with Crippen LogP contribution in [0.25, 0.3) is 0 Å². The van der Waals surface area contributed by atoms with Crippen molar-refractivity contribution in [3.63, 3.8) is 0 Å². The second-order valence-corrected chi connectivity index (χ2v) is 2.56. The van der Waals surface area contributed by atoms with Gasteiger partial charge in [0.1, 0.15) is 5.82 Å². The Morgan fingerprint density at radius 2 is 2.21 bits per heavy atom. The second-order valence-electron chi connectivity index (χ2n) is 2.56. The fourth-order valence-corrected chi connectivity index (χ4v) is 0.918. The zero-order valence-electron chi connectivity index (χ0n) is 7.71. The van der Waals surface area contributed by atoms with Crippen LogP contribution in [0.15, 0.2) is 24.3 Å². The number of amides is 2. The van der Waals surface area contributed by atoms with Crippen molar-refractivity contribution < 1.29 is 9.18 Å². The van der Waals surface area contributed by atoms with Gasteiger partial charge in [0.15, 0.2) is 0 Å². The van der Waals surface area contributed by atoms with E-state index in [-0.39, 0.29) is 24.3 Å². The van der Waals surface area contributed by atoms with Crippen LogP contribution >= 0.6 is 12.4 Å². The molecule has 78 valence electrons. The molecule has 0 heterocycles. The Hall–Kier alpha value is -1.29. The number of urea groups is 1. The third-order valence-corrected chi connectivity index (χ3v) is 1.57. The highest BCUT2D eigenvalue weighted by Gasteiger charge is 1.97. The maximum absolute atomic E-state index is 12.6. The lowest BCUT2D eigenvalue weighted by Gasteiger charge is -2.03. The van der Waals surface area contributed by atoms with Gasteiger partial charge in [0.2, 0.25) is 0 Å². The van der Waals surface area contributed by atoms with Crippen LogP contribution in [0.5, 0.6) is 0 Å². The van der Waals surface area contributed by atoms with E-state index in [2.05, 4.69) is 10.6 Å². The summed E-state index contributed by atoms with van der Waals surface area (Å²) < 4.78 is 12.6. The molecule has 0 atom stereocenters. The van der Waals surface area contributed by atoms with E-state index in [1.165, 1.54) is 19.2 Å². The van der Waals surface area contributed by atoms with E-state index in [1.54, 1.807) is 12.1 Å². The van der Waals surface area contributed by atoms with Crippen molar-refractivity contribution >= 4 is 18.4 Å². The average molecular weight is 219 g/mol. The Kier molecular flexibility index (Phi) is 5.64. The minimum absolute atomic E-state index is 0. The molecule has 0 saturated carbocycles. The molecule has 1 rings (SSSR count). The van der Waals surface area contributed by atoms with Gasteiger partial charge in [0, 0.05) is 13.6 Å². The van der Waals surface area contributed by atoms with Gasteiger partial charge in [-0.25, -0.2) is 9.18 Å². The van der Waals surface area contributed by atoms with Gasteiger partial charge >= 0.3 is 6.03 Å². The summed E-state index contributed by atoms with van der Waals surface area (Å²) in [5.74, 6) is -0.295. The summed E-state index contributed by atoms with van der Waals surface area (Å²) in [6.45, 7) is 0.331. The molecule has 0 bridgehead atoms. The third-order valence-electron chi connectivity index (χ3n) is 1.57. The van der Waals surface area contributed by atoms with Crippen molar-refractivity contribution in [2.24, 2.45) is 0 Å². The van der Waals surface area contributed by atoms with Crippen LogP contribution in [-0.4, -0.2) is 13.1 Å². The molecule has 0 radical (unpaired) electrons. The second kappa shape index (κ2) is 6.21. The van der Waals surface area contributed by atoms with Crippen molar-refractivity contribution in [3.8, 4) is 0 Å². The maximum atomic E-state index is 12.6. The number of benzene rings is 1. The zero-order valence-corrected chi connectivity index (χ0v) is 8.53. The van der Waals surface area contributed by atoms with Gasteiger partial charge in [0.05, 0.1) is 0 Å².